The van der Waals surface area contributed by atoms with E-state index in [-0.39, 0.29) is 0 Å². The molecule has 0 amide bonds. The van der Waals surface area contributed by atoms with Crippen molar-refractivity contribution in [3.63, 3.8) is 0 Å². The second-order valence-electron chi connectivity index (χ2n) is 3.67. The van der Waals surface area contributed by atoms with Gasteiger partial charge in [-0.1, -0.05) is 18.2 Å². The molecule has 4 heteroatoms. The number of ether oxygens (including phenoxy) is 1. The van der Waals surface area contributed by atoms with Crippen LogP contribution in [0.25, 0.3) is 11.3 Å². The third-order valence-corrected chi connectivity index (χ3v) is 2.42. The van der Waals surface area contributed by atoms with E-state index in [0.717, 1.165) is 22.6 Å². The van der Waals surface area contributed by atoms with Crippen molar-refractivity contribution in [1.82, 2.24) is 9.97 Å². The van der Waals surface area contributed by atoms with Gasteiger partial charge in [0.1, 0.15) is 5.82 Å². The highest BCUT2D eigenvalue weighted by Gasteiger charge is 2.02. The Labute approximate surface area is 101 Å². The van der Waals surface area contributed by atoms with Gasteiger partial charge in [0.05, 0.1) is 24.7 Å². The van der Waals surface area contributed by atoms with Crippen molar-refractivity contribution in [2.75, 3.05) is 19.5 Å². The molecule has 17 heavy (non-hydrogen) atoms. The fourth-order valence-corrected chi connectivity index (χ4v) is 1.61. The Kier molecular flexibility index (Phi) is 3.67. The lowest BCUT2D eigenvalue weighted by Gasteiger charge is -2.05. The van der Waals surface area contributed by atoms with Gasteiger partial charge in [-0.05, 0) is 11.6 Å². The molecule has 0 saturated heterocycles. The molecule has 0 saturated carbocycles. The summed E-state index contributed by atoms with van der Waals surface area (Å²) < 4.78 is 5.12. The summed E-state index contributed by atoms with van der Waals surface area (Å²) in [7, 11) is 3.52. The van der Waals surface area contributed by atoms with Gasteiger partial charge in [0.15, 0.2) is 0 Å². The molecule has 1 aromatic carbocycles. The fraction of sp³-hybridized carbons (Fsp3) is 0.231. The molecule has 0 bridgehead atoms. The van der Waals surface area contributed by atoms with Gasteiger partial charge in [0.25, 0.3) is 0 Å². The Hall–Kier alpha value is -1.94. The molecule has 0 fully saturated rings. The van der Waals surface area contributed by atoms with Crippen LogP contribution in [0.3, 0.4) is 0 Å². The summed E-state index contributed by atoms with van der Waals surface area (Å²) in [4.78, 5) is 8.60. The van der Waals surface area contributed by atoms with Gasteiger partial charge in [0.2, 0.25) is 0 Å². The topological polar surface area (TPSA) is 47.0 Å². The highest BCUT2D eigenvalue weighted by Crippen LogP contribution is 2.19. The highest BCUT2D eigenvalue weighted by atomic mass is 16.5. The van der Waals surface area contributed by atoms with E-state index in [1.165, 1.54) is 0 Å². The summed E-state index contributed by atoms with van der Waals surface area (Å²) in [6.07, 6.45) is 3.45. The third-order valence-electron chi connectivity index (χ3n) is 2.42. The standard InChI is InChI=1S/C13H15N3O/c1-14-13-8-15-7-12(16-13)11-5-3-4-10(6-11)9-17-2/h3-8H,9H2,1-2H3,(H,14,16). The van der Waals surface area contributed by atoms with Crippen molar-refractivity contribution in [3.05, 3.63) is 42.2 Å². The van der Waals surface area contributed by atoms with Crippen molar-refractivity contribution in [2.24, 2.45) is 0 Å². The predicted octanol–water partition coefficient (Wildman–Crippen LogP) is 2.33. The first-order valence-corrected chi connectivity index (χ1v) is 5.41. The van der Waals surface area contributed by atoms with Crippen LogP contribution in [0.4, 0.5) is 5.82 Å². The molecule has 2 rings (SSSR count). The summed E-state index contributed by atoms with van der Waals surface area (Å²) in [5.41, 5.74) is 3.03. The van der Waals surface area contributed by atoms with E-state index in [9.17, 15) is 0 Å². The molecule has 2 aromatic rings. The maximum Gasteiger partial charge on any atom is 0.144 e. The first-order valence-electron chi connectivity index (χ1n) is 5.41. The van der Waals surface area contributed by atoms with Crippen molar-refractivity contribution in [3.8, 4) is 11.3 Å². The van der Waals surface area contributed by atoms with Crippen LogP contribution < -0.4 is 5.32 Å². The van der Waals surface area contributed by atoms with Gasteiger partial charge < -0.3 is 10.1 Å². The molecule has 0 unspecified atom stereocenters. The average Bonchev–Trinajstić information content (AvgIpc) is 2.40. The third kappa shape index (κ3) is 2.79. The van der Waals surface area contributed by atoms with E-state index in [2.05, 4.69) is 21.4 Å². The van der Waals surface area contributed by atoms with Crippen molar-refractivity contribution in [2.45, 2.75) is 6.61 Å². The molecular weight excluding hydrogens is 214 g/mol. The molecule has 88 valence electrons. The van der Waals surface area contributed by atoms with E-state index in [1.807, 2.05) is 25.2 Å². The summed E-state index contributed by atoms with van der Waals surface area (Å²) >= 11 is 0. The molecule has 1 aromatic heterocycles. The molecule has 0 atom stereocenters. The number of hydrogen-bond donors (Lipinski definition) is 1. The molecule has 0 aliphatic rings. The summed E-state index contributed by atoms with van der Waals surface area (Å²) in [6, 6.07) is 8.11. The average molecular weight is 229 g/mol. The Balaban J connectivity index is 2.34. The number of hydrogen-bond acceptors (Lipinski definition) is 4. The lowest BCUT2D eigenvalue weighted by molar-refractivity contribution is 0.185. The van der Waals surface area contributed by atoms with Crippen LogP contribution in [0.15, 0.2) is 36.7 Å². The summed E-state index contributed by atoms with van der Waals surface area (Å²) in [5.74, 6) is 0.764. The van der Waals surface area contributed by atoms with Gasteiger partial charge in [-0.2, -0.15) is 0 Å². The zero-order valence-corrected chi connectivity index (χ0v) is 9.97. The lowest BCUT2D eigenvalue weighted by atomic mass is 10.1. The number of rotatable bonds is 4. The van der Waals surface area contributed by atoms with Crippen LogP contribution in [0.5, 0.6) is 0 Å². The SMILES string of the molecule is CNc1cncc(-c2cccc(COC)c2)n1. The number of aromatic nitrogens is 2. The quantitative estimate of drug-likeness (QED) is 0.874. The zero-order chi connectivity index (χ0) is 12.1. The van der Waals surface area contributed by atoms with Gasteiger partial charge >= 0.3 is 0 Å². The number of methoxy groups -OCH3 is 1. The zero-order valence-electron chi connectivity index (χ0n) is 9.97. The van der Waals surface area contributed by atoms with Crippen LogP contribution in [-0.4, -0.2) is 24.1 Å². The minimum absolute atomic E-state index is 0.604. The van der Waals surface area contributed by atoms with Crippen LogP contribution >= 0.6 is 0 Å². The van der Waals surface area contributed by atoms with Crippen molar-refractivity contribution >= 4 is 5.82 Å². The molecule has 0 spiro atoms. The number of benzene rings is 1. The number of anilines is 1. The van der Waals surface area contributed by atoms with E-state index >= 15 is 0 Å². The monoisotopic (exact) mass is 229 g/mol. The van der Waals surface area contributed by atoms with E-state index < -0.39 is 0 Å². The minimum atomic E-state index is 0.604. The lowest BCUT2D eigenvalue weighted by Crippen LogP contribution is -1.95. The Morgan fingerprint density at radius 3 is 2.94 bits per heavy atom. The second kappa shape index (κ2) is 5.41. The van der Waals surface area contributed by atoms with Crippen molar-refractivity contribution in [1.29, 1.82) is 0 Å². The number of nitrogens with zero attached hydrogens (tertiary/aromatic N) is 2. The first-order chi connectivity index (χ1) is 8.33. The van der Waals surface area contributed by atoms with Gasteiger partial charge in [-0.25, -0.2) is 4.98 Å². The van der Waals surface area contributed by atoms with Gasteiger partial charge in [0, 0.05) is 19.7 Å². The molecule has 1 N–H and O–H groups in total. The fourth-order valence-electron chi connectivity index (χ4n) is 1.61. The molecule has 0 aliphatic carbocycles. The van der Waals surface area contributed by atoms with E-state index in [1.54, 1.807) is 19.5 Å². The number of nitrogens with one attached hydrogen (secondary N) is 1. The Bertz CT molecular complexity index is 500. The largest absolute Gasteiger partial charge is 0.380 e. The molecule has 0 radical (unpaired) electrons. The van der Waals surface area contributed by atoms with Crippen LogP contribution in [0.2, 0.25) is 0 Å². The van der Waals surface area contributed by atoms with E-state index in [4.69, 9.17) is 4.74 Å². The maximum atomic E-state index is 5.12. The van der Waals surface area contributed by atoms with Crippen LogP contribution in [0.1, 0.15) is 5.56 Å². The smallest absolute Gasteiger partial charge is 0.144 e. The highest BCUT2D eigenvalue weighted by molar-refractivity contribution is 5.60. The van der Waals surface area contributed by atoms with Crippen LogP contribution in [0, 0.1) is 0 Å². The van der Waals surface area contributed by atoms with Gasteiger partial charge in [-0.15, -0.1) is 0 Å². The second-order valence-corrected chi connectivity index (χ2v) is 3.67. The normalized spacial score (nSPS) is 10.2. The van der Waals surface area contributed by atoms with E-state index in [0.29, 0.717) is 6.61 Å². The molecule has 4 nitrogen and oxygen atoms in total. The first kappa shape index (κ1) is 11.5. The van der Waals surface area contributed by atoms with Gasteiger partial charge in [-0.3, -0.25) is 4.98 Å². The molecule has 0 aliphatic heterocycles. The molecular formula is C13H15N3O. The summed E-state index contributed by atoms with van der Waals surface area (Å²) in [6.45, 7) is 0.604. The molecule has 1 heterocycles. The predicted molar refractivity (Wildman–Crippen MR) is 67.7 cm³/mol. The minimum Gasteiger partial charge on any atom is -0.380 e. The summed E-state index contributed by atoms with van der Waals surface area (Å²) in [5, 5.41) is 2.98. The Morgan fingerprint density at radius 1 is 1.29 bits per heavy atom. The van der Waals surface area contributed by atoms with Crippen LogP contribution in [-0.2, 0) is 11.3 Å². The Morgan fingerprint density at radius 2 is 2.18 bits per heavy atom. The maximum absolute atomic E-state index is 5.12. The van der Waals surface area contributed by atoms with Crippen molar-refractivity contribution < 1.29 is 4.74 Å².